The van der Waals surface area contributed by atoms with Crippen LogP contribution in [0.2, 0.25) is 0 Å². The molecule has 3 aromatic heterocycles. The number of nitrogens with zero attached hydrogens (tertiary/aromatic N) is 3. The van der Waals surface area contributed by atoms with Crippen molar-refractivity contribution in [3.63, 3.8) is 0 Å². The van der Waals surface area contributed by atoms with Gasteiger partial charge in [0.05, 0.1) is 34.4 Å². The topological polar surface area (TPSA) is 111 Å². The van der Waals surface area contributed by atoms with E-state index in [9.17, 15) is 22.3 Å². The zero-order valence-electron chi connectivity index (χ0n) is 21.5. The molecule has 0 fully saturated rings. The molecule has 4 rings (SSSR count). The number of aliphatic hydroxyl groups is 1. The average Bonchev–Trinajstić information content (AvgIpc) is 3.10. The maximum absolute atomic E-state index is 13.8. The maximum atomic E-state index is 13.8. The quantitative estimate of drug-likeness (QED) is 0.361. The van der Waals surface area contributed by atoms with Crippen LogP contribution in [0.3, 0.4) is 0 Å². The largest absolute Gasteiger partial charge is 0.378 e. The van der Waals surface area contributed by atoms with Gasteiger partial charge in [0.1, 0.15) is 28.8 Å². The number of rotatable bonds is 6. The Morgan fingerprint density at radius 3 is 2.42 bits per heavy atom. The molecule has 0 radical (unpaired) electrons. The fourth-order valence-corrected chi connectivity index (χ4v) is 5.00. The van der Waals surface area contributed by atoms with Crippen LogP contribution in [-0.4, -0.2) is 39.7 Å². The minimum absolute atomic E-state index is 0.0925. The summed E-state index contributed by atoms with van der Waals surface area (Å²) < 4.78 is 53.5. The van der Waals surface area contributed by atoms with Crippen LogP contribution in [0.4, 0.5) is 8.78 Å². The zero-order valence-corrected chi connectivity index (χ0v) is 22.3. The molecule has 10 heteroatoms. The summed E-state index contributed by atoms with van der Waals surface area (Å²) in [4.78, 5) is 9.16. The van der Waals surface area contributed by atoms with E-state index in [4.69, 9.17) is 5.73 Å². The highest BCUT2D eigenvalue weighted by molar-refractivity contribution is 7.89. The van der Waals surface area contributed by atoms with E-state index in [2.05, 4.69) is 21.8 Å². The minimum Gasteiger partial charge on any atom is -0.378 e. The molecule has 4 aromatic rings. The summed E-state index contributed by atoms with van der Waals surface area (Å²) in [5.74, 6) is 4.52. The second-order valence-electron chi connectivity index (χ2n) is 9.83. The number of hydrogen-bond acceptors (Lipinski definition) is 6. The van der Waals surface area contributed by atoms with Crippen LogP contribution in [0.5, 0.6) is 0 Å². The molecular weight excluding hydrogens is 510 g/mol. The first kappa shape index (κ1) is 27.4. The van der Waals surface area contributed by atoms with E-state index >= 15 is 0 Å². The summed E-state index contributed by atoms with van der Waals surface area (Å²) >= 11 is 0. The molecule has 0 spiro atoms. The number of aryl methyl sites for hydroxylation is 1. The van der Waals surface area contributed by atoms with E-state index < -0.39 is 33.1 Å². The number of sulfone groups is 1. The van der Waals surface area contributed by atoms with Gasteiger partial charge in [0.25, 0.3) is 0 Å². The Morgan fingerprint density at radius 2 is 1.79 bits per heavy atom. The third-order valence-corrected chi connectivity index (χ3v) is 6.53. The molecule has 0 saturated carbocycles. The highest BCUT2D eigenvalue weighted by atomic mass is 32.2. The van der Waals surface area contributed by atoms with E-state index in [0.29, 0.717) is 45.2 Å². The number of imidazole rings is 1. The lowest BCUT2D eigenvalue weighted by Crippen LogP contribution is -2.18. The zero-order chi connectivity index (χ0) is 27.8. The highest BCUT2D eigenvalue weighted by Crippen LogP contribution is 2.31. The molecule has 0 aliphatic rings. The van der Waals surface area contributed by atoms with Crippen molar-refractivity contribution in [2.45, 2.75) is 44.6 Å². The van der Waals surface area contributed by atoms with Crippen molar-refractivity contribution >= 4 is 15.4 Å². The Labute approximate surface area is 220 Å². The SMILES string of the molecule is Cc1nc(CS(C)(=O)=O)c2cccc(-c3ccc(C#CC(C)(C)O)nc3[C@@H](N)Cc3cc(F)cc(F)c3)n12. The second-order valence-corrected chi connectivity index (χ2v) is 12.0. The van der Waals surface area contributed by atoms with Crippen LogP contribution in [0.15, 0.2) is 48.5 Å². The number of aromatic nitrogens is 3. The summed E-state index contributed by atoms with van der Waals surface area (Å²) in [6, 6.07) is 11.3. The number of pyridine rings is 2. The number of hydrogen-bond donors (Lipinski definition) is 2. The lowest BCUT2D eigenvalue weighted by molar-refractivity contribution is 0.143. The summed E-state index contributed by atoms with van der Waals surface area (Å²) in [6.45, 7) is 4.88. The van der Waals surface area contributed by atoms with Crippen molar-refractivity contribution in [3.05, 3.63) is 88.6 Å². The van der Waals surface area contributed by atoms with E-state index in [1.54, 1.807) is 45.0 Å². The number of nitrogens with two attached hydrogens (primary N) is 1. The van der Waals surface area contributed by atoms with Crippen LogP contribution in [0, 0.1) is 30.4 Å². The molecule has 1 aromatic carbocycles. The molecule has 1 atom stereocenters. The minimum atomic E-state index is -3.33. The molecule has 3 N–H and O–H groups in total. The van der Waals surface area contributed by atoms with Crippen molar-refractivity contribution in [3.8, 4) is 23.1 Å². The first-order chi connectivity index (χ1) is 17.7. The van der Waals surface area contributed by atoms with Crippen LogP contribution in [0.1, 0.15) is 48.4 Å². The average molecular weight is 539 g/mol. The Kier molecular flexibility index (Phi) is 7.39. The van der Waals surface area contributed by atoms with Gasteiger partial charge in [-0.15, -0.1) is 0 Å². The molecule has 0 bridgehead atoms. The van der Waals surface area contributed by atoms with Crippen molar-refractivity contribution in [2.75, 3.05) is 6.26 Å². The van der Waals surface area contributed by atoms with Crippen LogP contribution in [0.25, 0.3) is 16.8 Å². The summed E-state index contributed by atoms with van der Waals surface area (Å²) in [6.07, 6.45) is 1.25. The van der Waals surface area contributed by atoms with Crippen LogP contribution >= 0.6 is 0 Å². The van der Waals surface area contributed by atoms with Gasteiger partial charge in [-0.05, 0) is 75.1 Å². The van der Waals surface area contributed by atoms with Gasteiger partial charge in [-0.1, -0.05) is 12.0 Å². The van der Waals surface area contributed by atoms with Gasteiger partial charge in [-0.25, -0.2) is 27.2 Å². The third kappa shape index (κ3) is 6.42. The Bertz CT molecular complexity index is 1680. The normalized spacial score (nSPS) is 12.8. The Balaban J connectivity index is 1.89. The number of benzene rings is 1. The molecule has 0 aliphatic carbocycles. The molecule has 198 valence electrons. The van der Waals surface area contributed by atoms with E-state index in [1.807, 2.05) is 10.5 Å². The molecule has 7 nitrogen and oxygen atoms in total. The van der Waals surface area contributed by atoms with E-state index in [0.717, 1.165) is 12.3 Å². The standard InChI is InChI=1S/C28H28F2N4O3S/c1-17-32-24(16-38(4,36)37)26-7-5-6-25(34(17)26)22-9-8-21(10-11-28(2,3)35)33-27(22)23(31)14-18-12-19(29)15-20(30)13-18/h5-9,12-13,15,23,35H,14,16,31H2,1-4H3/t23-/m0/s1. The predicted molar refractivity (Wildman–Crippen MR) is 142 cm³/mol. The van der Waals surface area contributed by atoms with Crippen LogP contribution in [-0.2, 0) is 22.0 Å². The van der Waals surface area contributed by atoms with Crippen LogP contribution < -0.4 is 5.73 Å². The van der Waals surface area contributed by atoms with Gasteiger partial charge in [-0.2, -0.15) is 0 Å². The van der Waals surface area contributed by atoms with Gasteiger partial charge in [0.15, 0.2) is 9.84 Å². The fourth-order valence-electron chi connectivity index (χ4n) is 4.29. The molecule has 38 heavy (non-hydrogen) atoms. The van der Waals surface area contributed by atoms with Gasteiger partial charge in [0, 0.05) is 17.9 Å². The monoisotopic (exact) mass is 538 g/mol. The Hall–Kier alpha value is -3.65. The number of halogens is 2. The van der Waals surface area contributed by atoms with E-state index in [1.165, 1.54) is 12.1 Å². The molecule has 3 heterocycles. The van der Waals surface area contributed by atoms with Crippen molar-refractivity contribution < 1.29 is 22.3 Å². The fraction of sp³-hybridized carbons (Fsp3) is 0.286. The third-order valence-electron chi connectivity index (χ3n) is 5.73. The summed E-state index contributed by atoms with van der Waals surface area (Å²) in [7, 11) is -3.33. The van der Waals surface area contributed by atoms with Gasteiger partial charge in [0.2, 0.25) is 0 Å². The van der Waals surface area contributed by atoms with Crippen molar-refractivity contribution in [1.29, 1.82) is 0 Å². The predicted octanol–water partition coefficient (Wildman–Crippen LogP) is 3.89. The maximum Gasteiger partial charge on any atom is 0.153 e. The second kappa shape index (κ2) is 10.3. The van der Waals surface area contributed by atoms with Crippen molar-refractivity contribution in [1.82, 2.24) is 14.4 Å². The number of fused-ring (bicyclic) bond motifs is 1. The summed E-state index contributed by atoms with van der Waals surface area (Å²) in [5, 5.41) is 10.0. The molecule has 0 saturated heterocycles. The summed E-state index contributed by atoms with van der Waals surface area (Å²) in [5.41, 5.74) is 8.82. The smallest absolute Gasteiger partial charge is 0.153 e. The highest BCUT2D eigenvalue weighted by Gasteiger charge is 2.21. The molecule has 0 aliphatic heterocycles. The van der Waals surface area contributed by atoms with Gasteiger partial charge < -0.3 is 10.8 Å². The van der Waals surface area contributed by atoms with Gasteiger partial charge in [-0.3, -0.25) is 4.40 Å². The lowest BCUT2D eigenvalue weighted by Gasteiger charge is -2.18. The molecule has 0 unspecified atom stereocenters. The molecular formula is C28H28F2N4O3S. The first-order valence-corrected chi connectivity index (χ1v) is 13.9. The lowest BCUT2D eigenvalue weighted by atomic mass is 9.97. The Morgan fingerprint density at radius 1 is 1.11 bits per heavy atom. The van der Waals surface area contributed by atoms with E-state index in [-0.39, 0.29) is 12.2 Å². The first-order valence-electron chi connectivity index (χ1n) is 11.8. The van der Waals surface area contributed by atoms with Crippen molar-refractivity contribution in [2.24, 2.45) is 5.73 Å². The molecule has 0 amide bonds. The van der Waals surface area contributed by atoms with Gasteiger partial charge >= 0.3 is 0 Å².